The highest BCUT2D eigenvalue weighted by molar-refractivity contribution is 5.98. The monoisotopic (exact) mass is 249 g/mol. The van der Waals surface area contributed by atoms with Crippen molar-refractivity contribution in [3.05, 3.63) is 11.8 Å². The Bertz CT molecular complexity index is 493. The van der Waals surface area contributed by atoms with Crippen molar-refractivity contribution in [1.29, 1.82) is 0 Å². The van der Waals surface area contributed by atoms with Gasteiger partial charge in [0.1, 0.15) is 0 Å². The average molecular weight is 249 g/mol. The minimum atomic E-state index is -0.372. The molecule has 1 N–H and O–H groups in total. The second kappa shape index (κ2) is 4.12. The molecule has 0 aromatic carbocycles. The molecule has 1 saturated heterocycles. The van der Waals surface area contributed by atoms with E-state index in [1.807, 2.05) is 6.07 Å². The number of nitrogens with zero attached hydrogens (tertiary/aromatic N) is 2. The highest BCUT2D eigenvalue weighted by Gasteiger charge is 2.37. The van der Waals surface area contributed by atoms with Gasteiger partial charge >= 0.3 is 5.97 Å². The van der Waals surface area contributed by atoms with Crippen LogP contribution in [0.1, 0.15) is 30.9 Å². The number of aromatic amines is 1. The molecule has 3 rings (SSSR count). The maximum Gasteiger partial charge on any atom is 0.311 e. The van der Waals surface area contributed by atoms with Crippen molar-refractivity contribution in [1.82, 2.24) is 10.2 Å². The molecule has 1 aromatic heterocycles. The van der Waals surface area contributed by atoms with Gasteiger partial charge in [-0.3, -0.25) is 19.6 Å². The molecule has 18 heavy (non-hydrogen) atoms. The van der Waals surface area contributed by atoms with E-state index in [1.165, 1.54) is 20.0 Å². The summed E-state index contributed by atoms with van der Waals surface area (Å²) in [5, 5.41) is 7.12. The molecule has 2 heterocycles. The molecule has 6 heteroatoms. The van der Waals surface area contributed by atoms with Crippen LogP contribution < -0.4 is 4.90 Å². The maximum absolute atomic E-state index is 11.9. The Morgan fingerprint density at radius 2 is 2.33 bits per heavy atom. The van der Waals surface area contributed by atoms with Crippen LogP contribution in [0.25, 0.3) is 0 Å². The van der Waals surface area contributed by atoms with Crippen molar-refractivity contribution < 1.29 is 14.3 Å². The van der Waals surface area contributed by atoms with Crippen LogP contribution in [0.5, 0.6) is 0 Å². The van der Waals surface area contributed by atoms with Gasteiger partial charge in [-0.15, -0.1) is 0 Å². The van der Waals surface area contributed by atoms with Crippen LogP contribution >= 0.6 is 0 Å². The van der Waals surface area contributed by atoms with Crippen LogP contribution in [0.2, 0.25) is 0 Å². The van der Waals surface area contributed by atoms with E-state index in [2.05, 4.69) is 14.9 Å². The summed E-state index contributed by atoms with van der Waals surface area (Å²) in [6.45, 7) is 0.362. The van der Waals surface area contributed by atoms with Gasteiger partial charge in [-0.2, -0.15) is 5.10 Å². The number of methoxy groups -OCH3 is 1. The summed E-state index contributed by atoms with van der Waals surface area (Å²) in [4.78, 5) is 24.9. The van der Waals surface area contributed by atoms with Crippen LogP contribution in [0, 0.1) is 5.92 Å². The average Bonchev–Trinajstić information content (AvgIpc) is 2.98. The third kappa shape index (κ3) is 1.87. The summed E-state index contributed by atoms with van der Waals surface area (Å²) >= 11 is 0. The number of carbonyl (C=O) groups is 2. The Morgan fingerprint density at radius 1 is 1.56 bits per heavy atom. The Balaban J connectivity index is 1.75. The molecule has 0 bridgehead atoms. The van der Waals surface area contributed by atoms with E-state index in [-0.39, 0.29) is 24.2 Å². The zero-order valence-electron chi connectivity index (χ0n) is 10.2. The number of rotatable bonds is 3. The minimum Gasteiger partial charge on any atom is -0.469 e. The van der Waals surface area contributed by atoms with Crippen LogP contribution in [0.4, 0.5) is 5.82 Å². The summed E-state index contributed by atoms with van der Waals surface area (Å²) in [5.74, 6) is 0.417. The lowest BCUT2D eigenvalue weighted by Crippen LogP contribution is -2.26. The molecule has 2 fully saturated rings. The highest BCUT2D eigenvalue weighted by atomic mass is 16.5. The van der Waals surface area contributed by atoms with Gasteiger partial charge in [0.2, 0.25) is 5.91 Å². The molecule has 1 unspecified atom stereocenters. The second-order valence-electron chi connectivity index (χ2n) is 4.88. The zero-order valence-corrected chi connectivity index (χ0v) is 10.2. The van der Waals surface area contributed by atoms with Gasteiger partial charge in [0.05, 0.1) is 13.0 Å². The predicted molar refractivity (Wildman–Crippen MR) is 63.0 cm³/mol. The molecule has 1 aliphatic heterocycles. The summed E-state index contributed by atoms with van der Waals surface area (Å²) in [6, 6.07) is 1.91. The molecule has 1 amide bonds. The van der Waals surface area contributed by atoms with Crippen molar-refractivity contribution >= 4 is 17.7 Å². The fourth-order valence-electron chi connectivity index (χ4n) is 2.32. The number of esters is 1. The Hall–Kier alpha value is -1.85. The van der Waals surface area contributed by atoms with Gasteiger partial charge in [-0.1, -0.05) is 0 Å². The first-order chi connectivity index (χ1) is 8.69. The molecule has 0 radical (unpaired) electrons. The van der Waals surface area contributed by atoms with Crippen LogP contribution in [-0.4, -0.2) is 35.7 Å². The normalized spacial score (nSPS) is 23.5. The third-order valence-electron chi connectivity index (χ3n) is 3.54. The number of nitrogens with one attached hydrogen (secondary N) is 1. The minimum absolute atomic E-state index is 0.0701. The Kier molecular flexibility index (Phi) is 2.57. The summed E-state index contributed by atoms with van der Waals surface area (Å²) in [6.07, 6.45) is 2.57. The molecule has 1 aliphatic carbocycles. The van der Waals surface area contributed by atoms with Gasteiger partial charge in [0, 0.05) is 30.6 Å². The summed E-state index contributed by atoms with van der Waals surface area (Å²) in [5.41, 5.74) is 1.08. The van der Waals surface area contributed by atoms with Crippen LogP contribution in [-0.2, 0) is 14.3 Å². The number of carbonyl (C=O) groups excluding carboxylic acids is 2. The third-order valence-corrected chi connectivity index (χ3v) is 3.54. The number of H-pyrrole nitrogens is 1. The molecule has 96 valence electrons. The summed E-state index contributed by atoms with van der Waals surface area (Å²) < 4.78 is 4.67. The largest absolute Gasteiger partial charge is 0.469 e. The number of hydrogen-bond donors (Lipinski definition) is 1. The van der Waals surface area contributed by atoms with Gasteiger partial charge in [0.25, 0.3) is 0 Å². The van der Waals surface area contributed by atoms with E-state index in [4.69, 9.17) is 0 Å². The van der Waals surface area contributed by atoms with Crippen LogP contribution in [0.15, 0.2) is 6.07 Å². The quantitative estimate of drug-likeness (QED) is 0.804. The SMILES string of the molecule is COC(=O)C1CC(=O)N(c2cc(C3CC3)[nH]n2)C1. The fraction of sp³-hybridized carbons (Fsp3) is 0.583. The van der Waals surface area contributed by atoms with Crippen molar-refractivity contribution in [2.45, 2.75) is 25.2 Å². The van der Waals surface area contributed by atoms with Gasteiger partial charge in [0.15, 0.2) is 5.82 Å². The van der Waals surface area contributed by atoms with E-state index < -0.39 is 0 Å². The van der Waals surface area contributed by atoms with E-state index >= 15 is 0 Å². The predicted octanol–water partition coefficient (Wildman–Crippen LogP) is 0.813. The van der Waals surface area contributed by atoms with Gasteiger partial charge in [-0.05, 0) is 12.8 Å². The molecule has 0 spiro atoms. The maximum atomic E-state index is 11.9. The first-order valence-corrected chi connectivity index (χ1v) is 6.12. The summed E-state index contributed by atoms with van der Waals surface area (Å²) in [7, 11) is 1.34. The topological polar surface area (TPSA) is 75.3 Å². The van der Waals surface area contributed by atoms with E-state index in [0.29, 0.717) is 18.3 Å². The van der Waals surface area contributed by atoms with E-state index in [1.54, 1.807) is 4.90 Å². The van der Waals surface area contributed by atoms with E-state index in [0.717, 1.165) is 5.69 Å². The Labute approximate surface area is 104 Å². The number of hydrogen-bond acceptors (Lipinski definition) is 4. The van der Waals surface area contributed by atoms with Crippen molar-refractivity contribution in [3.8, 4) is 0 Å². The number of anilines is 1. The zero-order chi connectivity index (χ0) is 12.7. The molecule has 1 aromatic rings. The van der Waals surface area contributed by atoms with Crippen molar-refractivity contribution in [2.24, 2.45) is 5.92 Å². The van der Waals surface area contributed by atoms with Crippen molar-refractivity contribution in [2.75, 3.05) is 18.6 Å². The molecule has 6 nitrogen and oxygen atoms in total. The Morgan fingerprint density at radius 3 is 3.00 bits per heavy atom. The fourth-order valence-corrected chi connectivity index (χ4v) is 2.32. The lowest BCUT2D eigenvalue weighted by atomic mass is 10.1. The van der Waals surface area contributed by atoms with Gasteiger partial charge in [-0.25, -0.2) is 0 Å². The number of ether oxygens (including phenoxy) is 1. The molecular formula is C12H15N3O3. The molecule has 1 saturated carbocycles. The van der Waals surface area contributed by atoms with Gasteiger partial charge < -0.3 is 4.74 Å². The lowest BCUT2D eigenvalue weighted by molar-refractivity contribution is -0.145. The number of aromatic nitrogens is 2. The van der Waals surface area contributed by atoms with Crippen LogP contribution in [0.3, 0.4) is 0 Å². The first-order valence-electron chi connectivity index (χ1n) is 6.12. The van der Waals surface area contributed by atoms with Crippen molar-refractivity contribution in [3.63, 3.8) is 0 Å². The first kappa shape index (κ1) is 11.3. The molecule has 1 atom stereocenters. The molecule has 2 aliphatic rings. The molecular weight excluding hydrogens is 234 g/mol. The second-order valence-corrected chi connectivity index (χ2v) is 4.88. The highest BCUT2D eigenvalue weighted by Crippen LogP contribution is 2.40. The lowest BCUT2D eigenvalue weighted by Gasteiger charge is -2.12. The standard InChI is InChI=1S/C12H15N3O3/c1-18-12(17)8-4-11(16)15(6-8)10-5-9(13-14-10)7-2-3-7/h5,7-8H,2-4,6H2,1H3,(H,13,14). The smallest absolute Gasteiger partial charge is 0.311 e. The van der Waals surface area contributed by atoms with E-state index in [9.17, 15) is 9.59 Å². The number of amides is 1.